The fourth-order valence-corrected chi connectivity index (χ4v) is 2.47. The lowest BCUT2D eigenvalue weighted by Gasteiger charge is -2.27. The van der Waals surface area contributed by atoms with E-state index in [0.29, 0.717) is 18.0 Å². The van der Waals surface area contributed by atoms with Gasteiger partial charge in [-0.2, -0.15) is 0 Å². The van der Waals surface area contributed by atoms with Crippen molar-refractivity contribution in [3.63, 3.8) is 0 Å². The minimum atomic E-state index is -0.450. The summed E-state index contributed by atoms with van der Waals surface area (Å²) >= 11 is 0. The highest BCUT2D eigenvalue weighted by molar-refractivity contribution is 5.84. The van der Waals surface area contributed by atoms with Crippen LogP contribution in [0.4, 0.5) is 10.5 Å². The van der Waals surface area contributed by atoms with Gasteiger partial charge in [-0.05, 0) is 48.7 Å². The largest absolute Gasteiger partial charge is 0.508 e. The van der Waals surface area contributed by atoms with Gasteiger partial charge in [0.05, 0.1) is 6.61 Å². The molecule has 0 saturated heterocycles. The van der Waals surface area contributed by atoms with E-state index in [-0.39, 0.29) is 5.41 Å². The van der Waals surface area contributed by atoms with Crippen LogP contribution in [0, 0.1) is 6.92 Å². The zero-order chi connectivity index (χ0) is 17.0. The van der Waals surface area contributed by atoms with Crippen LogP contribution >= 0.6 is 0 Å². The zero-order valence-corrected chi connectivity index (χ0v) is 14.0. The van der Waals surface area contributed by atoms with Crippen LogP contribution in [0.15, 0.2) is 42.5 Å². The van der Waals surface area contributed by atoms with Crippen molar-refractivity contribution in [3.05, 3.63) is 59.2 Å². The van der Waals surface area contributed by atoms with Crippen molar-refractivity contribution in [1.82, 2.24) is 0 Å². The van der Waals surface area contributed by atoms with Crippen LogP contribution in [-0.4, -0.2) is 17.8 Å². The summed E-state index contributed by atoms with van der Waals surface area (Å²) in [5, 5.41) is 12.4. The molecule has 0 spiro atoms. The number of ether oxygens (including phenoxy) is 1. The Morgan fingerprint density at radius 1 is 1.13 bits per heavy atom. The van der Waals surface area contributed by atoms with Crippen LogP contribution < -0.4 is 5.32 Å². The summed E-state index contributed by atoms with van der Waals surface area (Å²) in [5.41, 5.74) is 3.60. The second-order valence-electron chi connectivity index (χ2n) is 6.05. The molecule has 0 saturated carbocycles. The van der Waals surface area contributed by atoms with Crippen molar-refractivity contribution in [1.29, 1.82) is 0 Å². The van der Waals surface area contributed by atoms with E-state index in [1.807, 2.05) is 43.3 Å². The van der Waals surface area contributed by atoms with Crippen molar-refractivity contribution in [3.8, 4) is 5.75 Å². The van der Waals surface area contributed by atoms with E-state index >= 15 is 0 Å². The highest BCUT2D eigenvalue weighted by atomic mass is 16.5. The number of carbonyl (C=O) groups excluding carboxylic acids is 1. The van der Waals surface area contributed by atoms with Crippen LogP contribution in [-0.2, 0) is 10.2 Å². The van der Waals surface area contributed by atoms with Gasteiger partial charge in [0.15, 0.2) is 0 Å². The Hall–Kier alpha value is -2.49. The van der Waals surface area contributed by atoms with E-state index in [2.05, 4.69) is 19.2 Å². The number of hydrogen-bond acceptors (Lipinski definition) is 3. The molecule has 0 heterocycles. The Kier molecular flexibility index (Phi) is 4.94. The lowest BCUT2D eigenvalue weighted by atomic mass is 9.77. The number of anilines is 1. The van der Waals surface area contributed by atoms with Crippen molar-refractivity contribution < 1.29 is 14.6 Å². The molecule has 0 atom stereocenters. The van der Waals surface area contributed by atoms with Gasteiger partial charge in [0, 0.05) is 11.1 Å². The highest BCUT2D eigenvalue weighted by Crippen LogP contribution is 2.34. The van der Waals surface area contributed by atoms with Crippen molar-refractivity contribution in [2.45, 2.75) is 33.1 Å². The highest BCUT2D eigenvalue weighted by Gasteiger charge is 2.23. The summed E-state index contributed by atoms with van der Waals surface area (Å²) in [5.74, 6) is 0.304. The number of hydrogen-bond donors (Lipinski definition) is 2. The molecule has 0 radical (unpaired) electrons. The summed E-state index contributed by atoms with van der Waals surface area (Å²) in [4.78, 5) is 11.4. The number of nitrogens with one attached hydrogen (secondary N) is 1. The standard InChI is InChI=1S/C19H23NO3/c1-5-23-18(22)20-16-9-6-14(7-10-16)19(3,4)15-8-11-17(21)13(2)12-15/h6-12,21H,5H2,1-4H3,(H,20,22). The Labute approximate surface area is 137 Å². The molecule has 4 heteroatoms. The van der Waals surface area contributed by atoms with Crippen LogP contribution in [0.2, 0.25) is 0 Å². The first-order valence-corrected chi connectivity index (χ1v) is 7.69. The van der Waals surface area contributed by atoms with E-state index in [1.165, 1.54) is 0 Å². The van der Waals surface area contributed by atoms with Gasteiger partial charge in [-0.3, -0.25) is 5.32 Å². The third kappa shape index (κ3) is 3.83. The lowest BCUT2D eigenvalue weighted by Crippen LogP contribution is -2.19. The molecule has 0 aliphatic rings. The first-order chi connectivity index (χ1) is 10.8. The van der Waals surface area contributed by atoms with E-state index < -0.39 is 6.09 Å². The summed E-state index contributed by atoms with van der Waals surface area (Å²) in [7, 11) is 0. The molecule has 2 aromatic rings. The van der Waals surface area contributed by atoms with E-state index in [4.69, 9.17) is 4.74 Å². The topological polar surface area (TPSA) is 58.6 Å². The fourth-order valence-electron chi connectivity index (χ4n) is 2.47. The summed E-state index contributed by atoms with van der Waals surface area (Å²) in [6.07, 6.45) is -0.450. The quantitative estimate of drug-likeness (QED) is 0.867. The predicted molar refractivity (Wildman–Crippen MR) is 92.1 cm³/mol. The predicted octanol–water partition coefficient (Wildman–Crippen LogP) is 4.59. The van der Waals surface area contributed by atoms with Gasteiger partial charge in [0.1, 0.15) is 5.75 Å². The second kappa shape index (κ2) is 6.73. The van der Waals surface area contributed by atoms with Crippen LogP contribution in [0.25, 0.3) is 0 Å². The number of phenols is 1. The third-order valence-electron chi connectivity index (χ3n) is 4.05. The molecule has 0 aliphatic heterocycles. The lowest BCUT2D eigenvalue weighted by molar-refractivity contribution is 0.168. The summed E-state index contributed by atoms with van der Waals surface area (Å²) in [6.45, 7) is 8.27. The van der Waals surface area contributed by atoms with Crippen LogP contribution in [0.3, 0.4) is 0 Å². The second-order valence-corrected chi connectivity index (χ2v) is 6.05. The average molecular weight is 313 g/mol. The maximum absolute atomic E-state index is 11.4. The number of phenolic OH excluding ortho intramolecular Hbond substituents is 1. The molecule has 0 bridgehead atoms. The van der Waals surface area contributed by atoms with E-state index in [0.717, 1.165) is 16.7 Å². The Morgan fingerprint density at radius 2 is 1.74 bits per heavy atom. The molecule has 4 nitrogen and oxygen atoms in total. The number of benzene rings is 2. The SMILES string of the molecule is CCOC(=O)Nc1ccc(C(C)(C)c2ccc(O)c(C)c2)cc1. The molecule has 122 valence electrons. The molecule has 2 N–H and O–H groups in total. The summed E-state index contributed by atoms with van der Waals surface area (Å²) < 4.78 is 4.86. The Bertz CT molecular complexity index is 690. The normalized spacial score (nSPS) is 11.1. The number of carbonyl (C=O) groups is 1. The molecule has 0 aromatic heterocycles. The molecule has 2 rings (SSSR count). The number of aromatic hydroxyl groups is 1. The average Bonchev–Trinajstić information content (AvgIpc) is 2.50. The Balaban J connectivity index is 2.22. The molecule has 0 unspecified atom stereocenters. The van der Waals surface area contributed by atoms with E-state index in [9.17, 15) is 9.90 Å². The molecule has 23 heavy (non-hydrogen) atoms. The van der Waals surface area contributed by atoms with Crippen LogP contribution in [0.1, 0.15) is 37.5 Å². The van der Waals surface area contributed by atoms with Crippen LogP contribution in [0.5, 0.6) is 5.75 Å². The smallest absolute Gasteiger partial charge is 0.411 e. The third-order valence-corrected chi connectivity index (χ3v) is 4.05. The molecule has 0 aliphatic carbocycles. The molecular formula is C19H23NO3. The zero-order valence-electron chi connectivity index (χ0n) is 14.0. The maximum atomic E-state index is 11.4. The minimum absolute atomic E-state index is 0.207. The van der Waals surface area contributed by atoms with Gasteiger partial charge < -0.3 is 9.84 Å². The van der Waals surface area contributed by atoms with Gasteiger partial charge in [-0.1, -0.05) is 38.1 Å². The fraction of sp³-hybridized carbons (Fsp3) is 0.316. The van der Waals surface area contributed by atoms with Crippen molar-refractivity contribution in [2.75, 3.05) is 11.9 Å². The van der Waals surface area contributed by atoms with Gasteiger partial charge in [-0.15, -0.1) is 0 Å². The molecule has 1 amide bonds. The first-order valence-electron chi connectivity index (χ1n) is 7.69. The van der Waals surface area contributed by atoms with E-state index in [1.54, 1.807) is 13.0 Å². The minimum Gasteiger partial charge on any atom is -0.508 e. The number of aryl methyl sites for hydroxylation is 1. The van der Waals surface area contributed by atoms with Crippen molar-refractivity contribution >= 4 is 11.8 Å². The van der Waals surface area contributed by atoms with Gasteiger partial charge in [0.25, 0.3) is 0 Å². The van der Waals surface area contributed by atoms with Gasteiger partial charge in [-0.25, -0.2) is 4.79 Å². The Morgan fingerprint density at radius 3 is 2.30 bits per heavy atom. The molecular weight excluding hydrogens is 290 g/mol. The number of rotatable bonds is 4. The first kappa shape index (κ1) is 16.9. The molecule has 0 fully saturated rings. The summed E-state index contributed by atoms with van der Waals surface area (Å²) in [6, 6.07) is 13.4. The monoisotopic (exact) mass is 313 g/mol. The van der Waals surface area contributed by atoms with Gasteiger partial charge in [0.2, 0.25) is 0 Å². The number of amides is 1. The maximum Gasteiger partial charge on any atom is 0.411 e. The molecule has 2 aromatic carbocycles. The van der Waals surface area contributed by atoms with Crippen molar-refractivity contribution in [2.24, 2.45) is 0 Å². The van der Waals surface area contributed by atoms with Gasteiger partial charge >= 0.3 is 6.09 Å².